The van der Waals surface area contributed by atoms with Crippen LogP contribution in [0.4, 0.5) is 0 Å². The van der Waals surface area contributed by atoms with E-state index in [0.29, 0.717) is 0 Å². The molecule has 0 aromatic carbocycles. The van der Waals surface area contributed by atoms with Crippen LogP contribution in [0.15, 0.2) is 0 Å². The van der Waals surface area contributed by atoms with Crippen LogP contribution in [0.3, 0.4) is 0 Å². The summed E-state index contributed by atoms with van der Waals surface area (Å²) in [5.41, 5.74) is 0. The van der Waals surface area contributed by atoms with Gasteiger partial charge in [0.2, 0.25) is 0 Å². The SMILES string of the molecule is O=P(O)(O)O[SiH2]O[SiH2]OP(=O)(O)O. The average Bonchev–Trinajstić information content (AvgIpc) is 1.81. The van der Waals surface area contributed by atoms with Crippen molar-refractivity contribution in [2.45, 2.75) is 0 Å². The molecule has 0 saturated heterocycles. The van der Waals surface area contributed by atoms with Gasteiger partial charge in [-0.2, -0.15) is 0 Å². The Morgan fingerprint density at radius 3 is 1.38 bits per heavy atom. The van der Waals surface area contributed by atoms with Crippen molar-refractivity contribution in [1.82, 2.24) is 0 Å². The van der Waals surface area contributed by atoms with Gasteiger partial charge in [-0.05, 0) is 0 Å². The monoisotopic (exact) mass is 270 g/mol. The summed E-state index contributed by atoms with van der Waals surface area (Å²) in [4.78, 5) is 32.6. The maximum atomic E-state index is 10.0. The van der Waals surface area contributed by atoms with E-state index < -0.39 is 35.7 Å². The van der Waals surface area contributed by atoms with Crippen LogP contribution in [-0.4, -0.2) is 39.6 Å². The molecule has 13 heteroatoms. The third-order valence-electron chi connectivity index (χ3n) is 0.608. The zero-order chi connectivity index (χ0) is 10.5. The Hall–Kier alpha value is 0.614. The Balaban J connectivity index is 3.39. The Bertz CT molecular complexity index is 200. The second-order valence-corrected chi connectivity index (χ2v) is 7.81. The van der Waals surface area contributed by atoms with Crippen LogP contribution in [0, 0.1) is 0 Å². The maximum absolute atomic E-state index is 10.0. The molecule has 0 saturated carbocycles. The van der Waals surface area contributed by atoms with Crippen LogP contribution in [0.1, 0.15) is 0 Å². The summed E-state index contributed by atoms with van der Waals surface area (Å²) >= 11 is 0. The van der Waals surface area contributed by atoms with Gasteiger partial charge in [-0.3, -0.25) is 0 Å². The molecule has 0 aliphatic heterocycles. The van der Waals surface area contributed by atoms with E-state index in [4.69, 9.17) is 19.6 Å². The Morgan fingerprint density at radius 1 is 0.846 bits per heavy atom. The number of rotatable bonds is 6. The predicted octanol–water partition coefficient (Wildman–Crippen LogP) is -2.78. The molecule has 0 bridgehead atoms. The van der Waals surface area contributed by atoms with Gasteiger partial charge in [-0.15, -0.1) is 0 Å². The highest BCUT2D eigenvalue weighted by Crippen LogP contribution is 2.36. The lowest BCUT2D eigenvalue weighted by Gasteiger charge is -2.06. The minimum Gasteiger partial charge on any atom is -0.423 e. The van der Waals surface area contributed by atoms with Crippen molar-refractivity contribution in [2.24, 2.45) is 0 Å². The molecular formula is H8O9P2Si2. The number of hydrogen-bond donors (Lipinski definition) is 4. The van der Waals surface area contributed by atoms with E-state index in [-0.39, 0.29) is 0 Å². The highest BCUT2D eigenvalue weighted by Gasteiger charge is 2.16. The summed E-state index contributed by atoms with van der Waals surface area (Å²) in [6.45, 7) is 0. The van der Waals surface area contributed by atoms with E-state index in [0.717, 1.165) is 0 Å². The van der Waals surface area contributed by atoms with Crippen LogP contribution in [0.5, 0.6) is 0 Å². The lowest BCUT2D eigenvalue weighted by molar-refractivity contribution is 0.261. The van der Waals surface area contributed by atoms with Crippen molar-refractivity contribution in [1.29, 1.82) is 0 Å². The van der Waals surface area contributed by atoms with Crippen molar-refractivity contribution < 1.29 is 41.2 Å². The van der Waals surface area contributed by atoms with Crippen LogP contribution in [0.2, 0.25) is 0 Å². The molecule has 0 fully saturated rings. The van der Waals surface area contributed by atoms with Gasteiger partial charge in [-0.25, -0.2) is 9.13 Å². The molecule has 9 nitrogen and oxygen atoms in total. The fourth-order valence-electron chi connectivity index (χ4n) is 0.246. The molecule has 0 rings (SSSR count). The zero-order valence-electron chi connectivity index (χ0n) is 6.14. The van der Waals surface area contributed by atoms with Gasteiger partial charge in [0.15, 0.2) is 0 Å². The van der Waals surface area contributed by atoms with Crippen LogP contribution < -0.4 is 0 Å². The molecule has 0 heterocycles. The molecule has 80 valence electrons. The summed E-state index contributed by atoms with van der Waals surface area (Å²) in [5.74, 6) is 0. The maximum Gasteiger partial charge on any atom is 0.461 e. The third kappa shape index (κ3) is 12.6. The first-order valence-corrected chi connectivity index (χ1v) is 8.05. The van der Waals surface area contributed by atoms with E-state index in [1.807, 2.05) is 0 Å². The predicted molar refractivity (Wildman–Crippen MR) is 44.4 cm³/mol. The highest BCUT2D eigenvalue weighted by atomic mass is 31.2. The summed E-state index contributed by atoms with van der Waals surface area (Å²) in [6.07, 6.45) is 0. The Morgan fingerprint density at radius 2 is 1.15 bits per heavy atom. The van der Waals surface area contributed by atoms with Gasteiger partial charge in [0.25, 0.3) is 0 Å². The zero-order valence-corrected chi connectivity index (χ0v) is 10.8. The molecule has 0 atom stereocenters. The normalized spacial score (nSPS) is 15.1. The largest absolute Gasteiger partial charge is 0.461 e. The quantitative estimate of drug-likeness (QED) is 0.229. The molecule has 0 radical (unpaired) electrons. The fraction of sp³-hybridized carbons (Fsp3) is 0. The van der Waals surface area contributed by atoms with E-state index in [9.17, 15) is 9.13 Å². The van der Waals surface area contributed by atoms with Crippen molar-refractivity contribution in [3.05, 3.63) is 0 Å². The molecule has 4 N–H and O–H groups in total. The molecule has 0 unspecified atom stereocenters. The minimum atomic E-state index is -4.54. The van der Waals surface area contributed by atoms with Crippen molar-refractivity contribution >= 4 is 35.7 Å². The summed E-state index contributed by atoms with van der Waals surface area (Å²) in [5, 5.41) is 0. The smallest absolute Gasteiger partial charge is 0.423 e. The first-order valence-electron chi connectivity index (χ1n) is 2.68. The van der Waals surface area contributed by atoms with Gasteiger partial charge in [-0.1, -0.05) is 0 Å². The molecule has 0 aliphatic carbocycles. The van der Waals surface area contributed by atoms with Crippen molar-refractivity contribution in [3.8, 4) is 0 Å². The number of phosphoric acid groups is 2. The van der Waals surface area contributed by atoms with E-state index in [1.54, 1.807) is 0 Å². The van der Waals surface area contributed by atoms with Gasteiger partial charge < -0.3 is 32.1 Å². The van der Waals surface area contributed by atoms with Gasteiger partial charge in [0.05, 0.1) is 0 Å². The van der Waals surface area contributed by atoms with Crippen molar-refractivity contribution in [2.75, 3.05) is 0 Å². The number of hydrogen-bond acceptors (Lipinski definition) is 5. The van der Waals surface area contributed by atoms with Gasteiger partial charge in [0, 0.05) is 0 Å². The lowest BCUT2D eigenvalue weighted by Crippen LogP contribution is -2.09. The first kappa shape index (κ1) is 13.6. The molecule has 0 aliphatic rings. The van der Waals surface area contributed by atoms with Crippen LogP contribution in [-0.2, 0) is 21.7 Å². The lowest BCUT2D eigenvalue weighted by atomic mass is 15.7. The fourth-order valence-corrected chi connectivity index (χ4v) is 3.55. The molecule has 13 heavy (non-hydrogen) atoms. The molecule has 0 amide bonds. The van der Waals surface area contributed by atoms with Crippen molar-refractivity contribution in [3.63, 3.8) is 0 Å². The standard InChI is InChI=1S/H8O9P2Si2/c1-10(2,3)7-12-9-13-8-11(4,5)6/h12-13H2,(H2,1,2,3)(H2,4,5,6). The van der Waals surface area contributed by atoms with Crippen LogP contribution >= 0.6 is 15.6 Å². The summed E-state index contributed by atoms with van der Waals surface area (Å²) in [7, 11) is -12.9. The van der Waals surface area contributed by atoms with Gasteiger partial charge >= 0.3 is 35.7 Å². The van der Waals surface area contributed by atoms with E-state index >= 15 is 0 Å². The first-order chi connectivity index (χ1) is 5.71. The van der Waals surface area contributed by atoms with E-state index in [1.165, 1.54) is 0 Å². The second-order valence-electron chi connectivity index (χ2n) is 1.68. The second kappa shape index (κ2) is 5.48. The average molecular weight is 270 g/mol. The molecular weight excluding hydrogens is 262 g/mol. The third-order valence-corrected chi connectivity index (χ3v) is 5.48. The highest BCUT2D eigenvalue weighted by molar-refractivity contribution is 7.47. The topological polar surface area (TPSA) is 143 Å². The molecule has 0 aromatic rings. The summed E-state index contributed by atoms with van der Waals surface area (Å²) < 4.78 is 32.4. The van der Waals surface area contributed by atoms with Gasteiger partial charge in [0.1, 0.15) is 0 Å². The molecule has 0 aromatic heterocycles. The Labute approximate surface area is 77.6 Å². The summed E-state index contributed by atoms with van der Waals surface area (Å²) in [6, 6.07) is 0. The Kier molecular flexibility index (Phi) is 5.74. The molecule has 0 spiro atoms. The van der Waals surface area contributed by atoms with Crippen LogP contribution in [0.25, 0.3) is 0 Å². The van der Waals surface area contributed by atoms with E-state index in [2.05, 4.69) is 12.5 Å². The minimum absolute atomic E-state index is 1.93.